The summed E-state index contributed by atoms with van der Waals surface area (Å²) in [7, 11) is 1.64. The molecule has 0 fully saturated rings. The highest BCUT2D eigenvalue weighted by molar-refractivity contribution is 5.53. The zero-order valence-electron chi connectivity index (χ0n) is 11.3. The minimum Gasteiger partial charge on any atom is -0.481 e. The Morgan fingerprint density at radius 1 is 1.15 bits per heavy atom. The van der Waals surface area contributed by atoms with Crippen LogP contribution in [0.3, 0.4) is 0 Å². The highest BCUT2D eigenvalue weighted by Crippen LogP contribution is 2.14. The average Bonchev–Trinajstić information content (AvgIpc) is 2.91. The van der Waals surface area contributed by atoms with Crippen molar-refractivity contribution in [2.24, 2.45) is 0 Å². The molecule has 3 aromatic heterocycles. The van der Waals surface area contributed by atoms with Gasteiger partial charge in [0, 0.05) is 36.6 Å². The Kier molecular flexibility index (Phi) is 3.60. The molecule has 0 unspecified atom stereocenters. The number of hydrogen-bond donors (Lipinski definition) is 1. The topological polar surface area (TPSA) is 51.5 Å². The molecule has 0 aliphatic heterocycles. The third-order valence-corrected chi connectivity index (χ3v) is 3.18. The van der Waals surface area contributed by atoms with Gasteiger partial charge in [-0.25, -0.2) is 9.50 Å². The quantitative estimate of drug-likeness (QED) is 0.769. The molecule has 0 spiro atoms. The van der Waals surface area contributed by atoms with E-state index in [1.54, 1.807) is 13.3 Å². The minimum absolute atomic E-state index is 0.667. The Balaban J connectivity index is 1.68. The van der Waals surface area contributed by atoms with Crippen LogP contribution in [0.4, 0.5) is 0 Å². The van der Waals surface area contributed by atoms with Gasteiger partial charge in [-0.3, -0.25) is 0 Å². The predicted octanol–water partition coefficient (Wildman–Crippen LogP) is 2.03. The number of rotatable bonds is 5. The Morgan fingerprint density at radius 3 is 2.95 bits per heavy atom. The molecule has 0 saturated heterocycles. The Hall–Kier alpha value is -2.40. The number of hydrogen-bond acceptors (Lipinski definition) is 4. The third-order valence-electron chi connectivity index (χ3n) is 3.18. The van der Waals surface area contributed by atoms with E-state index in [4.69, 9.17) is 4.74 Å². The summed E-state index contributed by atoms with van der Waals surface area (Å²) in [6.45, 7) is 1.47. The summed E-state index contributed by atoms with van der Waals surface area (Å²) in [5.74, 6) is 0.667. The molecule has 0 amide bonds. The molecule has 0 atom stereocenters. The molecule has 0 radical (unpaired) electrons. The van der Waals surface area contributed by atoms with Crippen LogP contribution < -0.4 is 10.1 Å². The Bertz CT molecular complexity index is 708. The predicted molar refractivity (Wildman–Crippen MR) is 76.5 cm³/mol. The van der Waals surface area contributed by atoms with Gasteiger partial charge in [-0.05, 0) is 18.2 Å². The third kappa shape index (κ3) is 2.48. The van der Waals surface area contributed by atoms with E-state index in [9.17, 15) is 0 Å². The Morgan fingerprint density at radius 2 is 2.05 bits per heavy atom. The van der Waals surface area contributed by atoms with E-state index in [0.29, 0.717) is 12.4 Å². The highest BCUT2D eigenvalue weighted by atomic mass is 16.5. The summed E-state index contributed by atoms with van der Waals surface area (Å²) >= 11 is 0. The number of ether oxygens (including phenoxy) is 1. The molecular weight excluding hydrogens is 252 g/mol. The summed E-state index contributed by atoms with van der Waals surface area (Å²) in [5, 5.41) is 7.72. The summed E-state index contributed by atoms with van der Waals surface area (Å²) in [6.07, 6.45) is 5.57. The van der Waals surface area contributed by atoms with E-state index >= 15 is 0 Å². The maximum atomic E-state index is 5.24. The molecule has 3 aromatic rings. The van der Waals surface area contributed by atoms with Gasteiger partial charge in [0.15, 0.2) is 0 Å². The molecule has 0 aliphatic rings. The standard InChI is InChI=1S/C15H16N4O/c1-20-15-12(5-4-7-17-15)9-16-10-13-11-18-19-8-3-2-6-14(13)19/h2-8,11,16H,9-10H2,1H3. The van der Waals surface area contributed by atoms with Crippen LogP contribution in [0.5, 0.6) is 5.88 Å². The van der Waals surface area contributed by atoms with E-state index in [-0.39, 0.29) is 0 Å². The maximum absolute atomic E-state index is 5.24. The molecule has 5 nitrogen and oxygen atoms in total. The van der Waals surface area contributed by atoms with E-state index in [1.807, 2.05) is 41.2 Å². The zero-order chi connectivity index (χ0) is 13.8. The second-order valence-corrected chi connectivity index (χ2v) is 4.48. The molecule has 102 valence electrons. The van der Waals surface area contributed by atoms with Gasteiger partial charge in [0.25, 0.3) is 0 Å². The minimum atomic E-state index is 0.667. The van der Waals surface area contributed by atoms with Gasteiger partial charge in [-0.2, -0.15) is 5.10 Å². The number of aromatic nitrogens is 3. The van der Waals surface area contributed by atoms with Crippen molar-refractivity contribution >= 4 is 5.52 Å². The lowest BCUT2D eigenvalue weighted by Crippen LogP contribution is -2.13. The first-order chi connectivity index (χ1) is 9.88. The van der Waals surface area contributed by atoms with Crippen molar-refractivity contribution in [2.45, 2.75) is 13.1 Å². The molecule has 1 N–H and O–H groups in total. The van der Waals surface area contributed by atoms with Crippen molar-refractivity contribution in [3.8, 4) is 5.88 Å². The summed E-state index contributed by atoms with van der Waals surface area (Å²) in [6, 6.07) is 9.97. The van der Waals surface area contributed by atoms with Crippen LogP contribution in [0.15, 0.2) is 48.9 Å². The van der Waals surface area contributed by atoms with Gasteiger partial charge in [0.1, 0.15) is 0 Å². The number of pyridine rings is 2. The highest BCUT2D eigenvalue weighted by Gasteiger charge is 2.05. The first-order valence-corrected chi connectivity index (χ1v) is 6.48. The van der Waals surface area contributed by atoms with Crippen molar-refractivity contribution in [1.82, 2.24) is 19.9 Å². The molecule has 3 heterocycles. The molecule has 0 aliphatic carbocycles. The molecule has 0 aromatic carbocycles. The molecular formula is C15H16N4O. The number of nitrogens with one attached hydrogen (secondary N) is 1. The first-order valence-electron chi connectivity index (χ1n) is 6.48. The van der Waals surface area contributed by atoms with E-state index in [1.165, 1.54) is 5.56 Å². The van der Waals surface area contributed by atoms with Crippen molar-refractivity contribution in [3.63, 3.8) is 0 Å². The first kappa shape index (κ1) is 12.6. The van der Waals surface area contributed by atoms with Gasteiger partial charge in [-0.15, -0.1) is 0 Å². The van der Waals surface area contributed by atoms with Crippen molar-refractivity contribution in [3.05, 3.63) is 60.0 Å². The van der Waals surface area contributed by atoms with Gasteiger partial charge in [0.2, 0.25) is 5.88 Å². The van der Waals surface area contributed by atoms with Crippen LogP contribution in [-0.2, 0) is 13.1 Å². The van der Waals surface area contributed by atoms with E-state index < -0.39 is 0 Å². The van der Waals surface area contributed by atoms with Gasteiger partial charge in [0.05, 0.1) is 18.8 Å². The van der Waals surface area contributed by atoms with Crippen LogP contribution in [0.2, 0.25) is 0 Å². The van der Waals surface area contributed by atoms with Crippen LogP contribution in [0.25, 0.3) is 5.52 Å². The largest absolute Gasteiger partial charge is 0.481 e. The lowest BCUT2D eigenvalue weighted by Gasteiger charge is -2.07. The molecule has 0 saturated carbocycles. The second kappa shape index (κ2) is 5.71. The monoisotopic (exact) mass is 268 g/mol. The number of methoxy groups -OCH3 is 1. The van der Waals surface area contributed by atoms with Crippen LogP contribution in [0.1, 0.15) is 11.1 Å². The molecule has 0 bridgehead atoms. The Labute approximate surface area is 117 Å². The van der Waals surface area contributed by atoms with Gasteiger partial charge < -0.3 is 10.1 Å². The van der Waals surface area contributed by atoms with E-state index in [0.717, 1.165) is 17.6 Å². The lowest BCUT2D eigenvalue weighted by atomic mass is 10.2. The fourth-order valence-electron chi connectivity index (χ4n) is 2.20. The summed E-state index contributed by atoms with van der Waals surface area (Å²) in [4.78, 5) is 4.18. The van der Waals surface area contributed by atoms with Gasteiger partial charge in [-0.1, -0.05) is 12.1 Å². The molecule has 3 rings (SSSR count). The fourth-order valence-corrected chi connectivity index (χ4v) is 2.20. The van der Waals surface area contributed by atoms with Crippen LogP contribution in [0, 0.1) is 0 Å². The normalized spacial score (nSPS) is 10.8. The number of fused-ring (bicyclic) bond motifs is 1. The summed E-state index contributed by atoms with van der Waals surface area (Å²) in [5.41, 5.74) is 3.35. The fraction of sp³-hybridized carbons (Fsp3) is 0.200. The van der Waals surface area contributed by atoms with Gasteiger partial charge >= 0.3 is 0 Å². The van der Waals surface area contributed by atoms with Crippen LogP contribution >= 0.6 is 0 Å². The SMILES string of the molecule is COc1ncccc1CNCc1cnn2ccccc12. The molecule has 5 heteroatoms. The van der Waals surface area contributed by atoms with Crippen molar-refractivity contribution in [1.29, 1.82) is 0 Å². The van der Waals surface area contributed by atoms with Crippen molar-refractivity contribution in [2.75, 3.05) is 7.11 Å². The van der Waals surface area contributed by atoms with E-state index in [2.05, 4.69) is 21.5 Å². The number of nitrogens with zero attached hydrogens (tertiary/aromatic N) is 3. The molecule has 20 heavy (non-hydrogen) atoms. The maximum Gasteiger partial charge on any atom is 0.217 e. The smallest absolute Gasteiger partial charge is 0.217 e. The lowest BCUT2D eigenvalue weighted by molar-refractivity contribution is 0.390. The van der Waals surface area contributed by atoms with Crippen molar-refractivity contribution < 1.29 is 4.74 Å². The van der Waals surface area contributed by atoms with Crippen LogP contribution in [-0.4, -0.2) is 21.7 Å². The zero-order valence-corrected chi connectivity index (χ0v) is 11.3. The second-order valence-electron chi connectivity index (χ2n) is 4.48. The summed E-state index contributed by atoms with van der Waals surface area (Å²) < 4.78 is 7.11. The average molecular weight is 268 g/mol.